The lowest BCUT2D eigenvalue weighted by atomic mass is 10.2. The van der Waals surface area contributed by atoms with Gasteiger partial charge in [0.05, 0.1) is 0 Å². The number of nitrogens with zero attached hydrogens (tertiary/aromatic N) is 3. The molecule has 4 nitrogen and oxygen atoms in total. The van der Waals surface area contributed by atoms with Gasteiger partial charge in [-0.05, 0) is 40.1 Å². The molecular formula is C17H26F3N3O. The predicted molar refractivity (Wildman–Crippen MR) is 89.1 cm³/mol. The van der Waals surface area contributed by atoms with E-state index in [9.17, 15) is 13.2 Å². The van der Waals surface area contributed by atoms with Gasteiger partial charge in [-0.3, -0.25) is 0 Å². The van der Waals surface area contributed by atoms with Crippen LogP contribution in [0.1, 0.15) is 18.5 Å². The first-order valence-corrected chi connectivity index (χ1v) is 7.87. The number of hydrogen-bond acceptors (Lipinski definition) is 4. The van der Waals surface area contributed by atoms with E-state index in [-0.39, 0.29) is 12.0 Å². The summed E-state index contributed by atoms with van der Waals surface area (Å²) in [7, 11) is 5.95. The molecule has 1 atom stereocenters. The standard InChI is InChI=1S/C17H26F3N3O/c1-5-6-8-14(13-23(4)12-11-22(2)3)24-16-10-7-9-15(21-16)17(18,19)20/h5,7,9-10,14H,1,6,8,11-13H2,2-4H3/t14-/m1/s1. The molecule has 0 saturated carbocycles. The average Bonchev–Trinajstić information content (AvgIpc) is 2.50. The van der Waals surface area contributed by atoms with Crippen molar-refractivity contribution in [2.75, 3.05) is 40.8 Å². The SMILES string of the molecule is C=CCC[C@H](CN(C)CCN(C)C)Oc1cccc(C(F)(F)F)n1. The van der Waals surface area contributed by atoms with Crippen LogP contribution in [0.25, 0.3) is 0 Å². The van der Waals surface area contributed by atoms with Gasteiger partial charge in [-0.15, -0.1) is 6.58 Å². The molecule has 24 heavy (non-hydrogen) atoms. The highest BCUT2D eigenvalue weighted by molar-refractivity contribution is 5.18. The molecule has 1 heterocycles. The quantitative estimate of drug-likeness (QED) is 0.609. The van der Waals surface area contributed by atoms with Crippen LogP contribution in [0.15, 0.2) is 30.9 Å². The van der Waals surface area contributed by atoms with E-state index in [1.54, 1.807) is 6.08 Å². The first kappa shape index (κ1) is 20.4. The molecule has 136 valence electrons. The third-order valence-electron chi connectivity index (χ3n) is 3.44. The minimum Gasteiger partial charge on any atom is -0.473 e. The van der Waals surface area contributed by atoms with E-state index < -0.39 is 11.9 Å². The van der Waals surface area contributed by atoms with Crippen molar-refractivity contribution >= 4 is 0 Å². The predicted octanol–water partition coefficient (Wildman–Crippen LogP) is 3.31. The molecule has 0 spiro atoms. The Morgan fingerprint density at radius 3 is 2.54 bits per heavy atom. The zero-order chi connectivity index (χ0) is 18.2. The first-order chi connectivity index (χ1) is 11.2. The molecule has 0 aromatic carbocycles. The summed E-state index contributed by atoms with van der Waals surface area (Å²) in [5.41, 5.74) is -0.941. The van der Waals surface area contributed by atoms with Crippen LogP contribution in [0.3, 0.4) is 0 Å². The summed E-state index contributed by atoms with van der Waals surface area (Å²) in [5, 5.41) is 0. The summed E-state index contributed by atoms with van der Waals surface area (Å²) in [4.78, 5) is 7.75. The third kappa shape index (κ3) is 7.79. The molecule has 1 aromatic heterocycles. The van der Waals surface area contributed by atoms with Crippen LogP contribution in [-0.4, -0.2) is 61.7 Å². The van der Waals surface area contributed by atoms with Crippen LogP contribution < -0.4 is 4.74 Å². The number of allylic oxidation sites excluding steroid dienone is 1. The lowest BCUT2D eigenvalue weighted by molar-refractivity contribution is -0.141. The summed E-state index contributed by atoms with van der Waals surface area (Å²) in [6, 6.07) is 3.70. The maximum absolute atomic E-state index is 12.7. The van der Waals surface area contributed by atoms with Crippen molar-refractivity contribution in [1.82, 2.24) is 14.8 Å². The minimum atomic E-state index is -4.47. The van der Waals surface area contributed by atoms with Gasteiger partial charge in [0.1, 0.15) is 11.8 Å². The molecule has 0 radical (unpaired) electrons. The summed E-state index contributed by atoms with van der Waals surface area (Å²) >= 11 is 0. The Morgan fingerprint density at radius 2 is 1.96 bits per heavy atom. The zero-order valence-corrected chi connectivity index (χ0v) is 14.5. The highest BCUT2D eigenvalue weighted by atomic mass is 19.4. The van der Waals surface area contributed by atoms with Crippen LogP contribution in [0.4, 0.5) is 13.2 Å². The number of likely N-dealkylation sites (N-methyl/N-ethyl adjacent to an activating group) is 2. The fourth-order valence-electron chi connectivity index (χ4n) is 2.11. The van der Waals surface area contributed by atoms with Crippen molar-refractivity contribution in [2.45, 2.75) is 25.1 Å². The van der Waals surface area contributed by atoms with Gasteiger partial charge >= 0.3 is 6.18 Å². The number of hydrogen-bond donors (Lipinski definition) is 0. The Hall–Kier alpha value is -1.60. The molecule has 1 aromatic rings. The number of halogens is 3. The van der Waals surface area contributed by atoms with Gasteiger partial charge in [0.15, 0.2) is 0 Å². The molecule has 0 saturated heterocycles. The highest BCUT2D eigenvalue weighted by Gasteiger charge is 2.32. The fourth-order valence-corrected chi connectivity index (χ4v) is 2.11. The zero-order valence-electron chi connectivity index (χ0n) is 14.5. The van der Waals surface area contributed by atoms with E-state index >= 15 is 0 Å². The second-order valence-corrected chi connectivity index (χ2v) is 6.03. The summed E-state index contributed by atoms with van der Waals surface area (Å²) < 4.78 is 44.0. The third-order valence-corrected chi connectivity index (χ3v) is 3.44. The Bertz CT molecular complexity index is 506. The first-order valence-electron chi connectivity index (χ1n) is 7.87. The number of rotatable bonds is 10. The Labute approximate surface area is 141 Å². The number of ether oxygens (including phenoxy) is 1. The van der Waals surface area contributed by atoms with Gasteiger partial charge in [-0.25, -0.2) is 4.98 Å². The van der Waals surface area contributed by atoms with Gasteiger partial charge in [-0.1, -0.05) is 12.1 Å². The van der Waals surface area contributed by atoms with Crippen LogP contribution in [0, 0.1) is 0 Å². The van der Waals surface area contributed by atoms with Crippen LogP contribution in [0.5, 0.6) is 5.88 Å². The van der Waals surface area contributed by atoms with E-state index in [1.807, 2.05) is 21.1 Å². The van der Waals surface area contributed by atoms with Crippen molar-refractivity contribution in [2.24, 2.45) is 0 Å². The lowest BCUT2D eigenvalue weighted by Gasteiger charge is -2.25. The molecular weight excluding hydrogens is 319 g/mol. The van der Waals surface area contributed by atoms with Crippen molar-refractivity contribution < 1.29 is 17.9 Å². The van der Waals surface area contributed by atoms with E-state index in [4.69, 9.17) is 4.74 Å². The molecule has 0 aliphatic heterocycles. The molecule has 0 unspecified atom stereocenters. The Morgan fingerprint density at radius 1 is 1.25 bits per heavy atom. The summed E-state index contributed by atoms with van der Waals surface area (Å²) in [6.07, 6.45) is -1.54. The molecule has 0 N–H and O–H groups in total. The lowest BCUT2D eigenvalue weighted by Crippen LogP contribution is -2.37. The maximum atomic E-state index is 12.7. The Balaban J connectivity index is 2.73. The number of alkyl halides is 3. The van der Waals surface area contributed by atoms with Crippen molar-refractivity contribution in [3.8, 4) is 5.88 Å². The molecule has 0 aliphatic carbocycles. The molecule has 0 amide bonds. The fraction of sp³-hybridized carbons (Fsp3) is 0.588. The van der Waals surface area contributed by atoms with E-state index in [0.29, 0.717) is 13.0 Å². The molecule has 0 fully saturated rings. The number of aromatic nitrogens is 1. The van der Waals surface area contributed by atoms with Gasteiger partial charge in [0.25, 0.3) is 0 Å². The average molecular weight is 345 g/mol. The van der Waals surface area contributed by atoms with Gasteiger partial charge in [-0.2, -0.15) is 13.2 Å². The minimum absolute atomic E-state index is 0.0000955. The highest BCUT2D eigenvalue weighted by Crippen LogP contribution is 2.28. The largest absolute Gasteiger partial charge is 0.473 e. The summed E-state index contributed by atoms with van der Waals surface area (Å²) in [6.45, 7) is 6.03. The van der Waals surface area contributed by atoms with E-state index in [2.05, 4.69) is 21.4 Å². The van der Waals surface area contributed by atoms with Gasteiger partial charge < -0.3 is 14.5 Å². The molecule has 1 rings (SSSR count). The maximum Gasteiger partial charge on any atom is 0.433 e. The van der Waals surface area contributed by atoms with Crippen LogP contribution in [-0.2, 0) is 6.18 Å². The second kappa shape index (κ2) is 9.64. The van der Waals surface area contributed by atoms with E-state index in [0.717, 1.165) is 25.6 Å². The topological polar surface area (TPSA) is 28.6 Å². The van der Waals surface area contributed by atoms with Crippen molar-refractivity contribution in [3.05, 3.63) is 36.5 Å². The van der Waals surface area contributed by atoms with E-state index in [1.165, 1.54) is 12.1 Å². The smallest absolute Gasteiger partial charge is 0.433 e. The van der Waals surface area contributed by atoms with Gasteiger partial charge in [0, 0.05) is 25.7 Å². The normalized spacial score (nSPS) is 13.3. The second-order valence-electron chi connectivity index (χ2n) is 6.03. The Kier molecular flexibility index (Phi) is 8.21. The monoisotopic (exact) mass is 345 g/mol. The van der Waals surface area contributed by atoms with Crippen LogP contribution >= 0.6 is 0 Å². The van der Waals surface area contributed by atoms with Crippen molar-refractivity contribution in [1.29, 1.82) is 0 Å². The summed E-state index contributed by atoms with van der Waals surface area (Å²) in [5.74, 6) is -0.0000955. The molecule has 7 heteroatoms. The molecule has 0 bridgehead atoms. The molecule has 0 aliphatic rings. The van der Waals surface area contributed by atoms with Crippen molar-refractivity contribution in [3.63, 3.8) is 0 Å². The number of pyridine rings is 1. The van der Waals surface area contributed by atoms with Crippen LogP contribution in [0.2, 0.25) is 0 Å². The van der Waals surface area contributed by atoms with Gasteiger partial charge in [0.2, 0.25) is 5.88 Å².